The Labute approximate surface area is 197 Å². The lowest BCUT2D eigenvalue weighted by Crippen LogP contribution is -2.42. The molecule has 1 heterocycles. The summed E-state index contributed by atoms with van der Waals surface area (Å²) in [7, 11) is 1.50. The third-order valence-electron chi connectivity index (χ3n) is 6.26. The lowest BCUT2D eigenvalue weighted by molar-refractivity contribution is -0.276. The number of nitrogens with one attached hydrogen (secondary N) is 1. The van der Waals surface area contributed by atoms with E-state index in [1.165, 1.54) is 7.11 Å². The average Bonchev–Trinajstić information content (AvgIpc) is 3.42. The molecule has 1 N–H and O–H groups in total. The van der Waals surface area contributed by atoms with E-state index in [9.17, 15) is 31.1 Å². The molecule has 1 aliphatic carbocycles. The van der Waals surface area contributed by atoms with Crippen LogP contribution in [-0.4, -0.2) is 31.5 Å². The van der Waals surface area contributed by atoms with Gasteiger partial charge in [-0.3, -0.25) is 4.79 Å². The predicted octanol–water partition coefficient (Wildman–Crippen LogP) is 5.43. The fourth-order valence-corrected chi connectivity index (χ4v) is 4.41. The number of oxime groups is 1. The van der Waals surface area contributed by atoms with E-state index < -0.39 is 35.5 Å². The summed E-state index contributed by atoms with van der Waals surface area (Å²) in [4.78, 5) is 16.9. The zero-order valence-electron chi connectivity index (χ0n) is 18.6. The summed E-state index contributed by atoms with van der Waals surface area (Å²) >= 11 is 0. The molecular weight excluding hydrogens is 478 g/mol. The second-order valence-corrected chi connectivity index (χ2v) is 8.52. The first-order valence-corrected chi connectivity index (χ1v) is 10.9. The van der Waals surface area contributed by atoms with Crippen molar-refractivity contribution >= 4 is 11.6 Å². The molecule has 0 fully saturated rings. The molecule has 4 rings (SSSR count). The number of aryl methyl sites for hydroxylation is 1. The maximum Gasteiger partial charge on any atom is 0.435 e. The summed E-state index contributed by atoms with van der Waals surface area (Å²) in [5, 5.41) is 6.57. The molecule has 1 aliphatic heterocycles. The van der Waals surface area contributed by atoms with Crippen molar-refractivity contribution in [2.45, 2.75) is 49.7 Å². The zero-order valence-corrected chi connectivity index (χ0v) is 18.6. The number of amides is 1. The number of methoxy groups -OCH3 is 1. The number of alkyl halides is 6. The normalized spacial score (nSPS) is 21.9. The van der Waals surface area contributed by atoms with Crippen LogP contribution in [0.2, 0.25) is 0 Å². The van der Waals surface area contributed by atoms with Gasteiger partial charge in [0.1, 0.15) is 0 Å². The number of fused-ring (bicyclic) bond motifs is 1. The van der Waals surface area contributed by atoms with E-state index in [0.29, 0.717) is 30.5 Å². The number of hydrogen-bond acceptors (Lipinski definition) is 4. The third-order valence-corrected chi connectivity index (χ3v) is 6.26. The van der Waals surface area contributed by atoms with Gasteiger partial charge in [-0.1, -0.05) is 29.4 Å². The Hall–Kier alpha value is -3.08. The Morgan fingerprint density at radius 2 is 1.94 bits per heavy atom. The van der Waals surface area contributed by atoms with Crippen molar-refractivity contribution in [1.29, 1.82) is 0 Å². The van der Waals surface area contributed by atoms with Crippen LogP contribution in [0.15, 0.2) is 47.6 Å². The number of carbonyl (C=O) groups excluding carboxylic acids is 1. The Bertz CT molecular complexity index is 1140. The van der Waals surface area contributed by atoms with Crippen molar-refractivity contribution in [3.63, 3.8) is 0 Å². The van der Waals surface area contributed by atoms with Gasteiger partial charge in [-0.2, -0.15) is 26.3 Å². The molecule has 11 heteroatoms. The maximum atomic E-state index is 14.2. The second-order valence-electron chi connectivity index (χ2n) is 8.52. The van der Waals surface area contributed by atoms with Gasteiger partial charge in [0.25, 0.3) is 5.60 Å². The van der Waals surface area contributed by atoms with Crippen molar-refractivity contribution in [2.24, 2.45) is 5.16 Å². The monoisotopic (exact) mass is 500 g/mol. The van der Waals surface area contributed by atoms with E-state index in [1.54, 1.807) is 18.2 Å². The number of nitrogens with zero attached hydrogens (tertiary/aromatic N) is 1. The van der Waals surface area contributed by atoms with Crippen molar-refractivity contribution in [3.8, 4) is 0 Å². The van der Waals surface area contributed by atoms with E-state index in [2.05, 4.69) is 10.5 Å². The molecular formula is C24H22F6N2O3. The van der Waals surface area contributed by atoms with Gasteiger partial charge in [-0.05, 0) is 47.7 Å². The van der Waals surface area contributed by atoms with Crippen LogP contribution in [-0.2, 0) is 32.6 Å². The summed E-state index contributed by atoms with van der Waals surface area (Å²) in [6, 6.07) is 7.81. The minimum atomic E-state index is -5.02. The molecule has 2 unspecified atom stereocenters. The van der Waals surface area contributed by atoms with Gasteiger partial charge in [0.2, 0.25) is 5.91 Å². The lowest BCUT2D eigenvalue weighted by atomic mass is 9.85. The van der Waals surface area contributed by atoms with Crippen LogP contribution in [0.5, 0.6) is 0 Å². The molecule has 2 aromatic rings. The minimum absolute atomic E-state index is 0.0184. The number of hydrogen-bond donors (Lipinski definition) is 1. The number of rotatable bonds is 6. The van der Waals surface area contributed by atoms with E-state index in [0.717, 1.165) is 23.3 Å². The molecule has 188 valence electrons. The maximum absolute atomic E-state index is 14.2. The number of benzene rings is 2. The molecule has 0 spiro atoms. The lowest BCUT2D eigenvalue weighted by Gasteiger charge is -2.30. The quantitative estimate of drug-likeness (QED) is 0.539. The largest absolute Gasteiger partial charge is 0.435 e. The first-order chi connectivity index (χ1) is 16.4. The average molecular weight is 500 g/mol. The molecule has 2 aromatic carbocycles. The van der Waals surface area contributed by atoms with Gasteiger partial charge >= 0.3 is 12.4 Å². The number of carbonyl (C=O) groups is 1. The first-order valence-electron chi connectivity index (χ1n) is 10.9. The van der Waals surface area contributed by atoms with Crippen LogP contribution in [0.3, 0.4) is 0 Å². The summed E-state index contributed by atoms with van der Waals surface area (Å²) < 4.78 is 86.8. The van der Waals surface area contributed by atoms with Crippen molar-refractivity contribution in [3.05, 3.63) is 70.3 Å². The molecule has 35 heavy (non-hydrogen) atoms. The van der Waals surface area contributed by atoms with Gasteiger partial charge in [-0.15, -0.1) is 0 Å². The van der Waals surface area contributed by atoms with Crippen molar-refractivity contribution in [1.82, 2.24) is 5.32 Å². The van der Waals surface area contributed by atoms with E-state index in [-0.39, 0.29) is 30.7 Å². The van der Waals surface area contributed by atoms with E-state index in [1.807, 2.05) is 0 Å². The number of ether oxygens (including phenoxy) is 1. The summed E-state index contributed by atoms with van der Waals surface area (Å²) in [5.74, 6) is -0.168. The summed E-state index contributed by atoms with van der Waals surface area (Å²) in [5.41, 5.74) is -2.82. The Balaban J connectivity index is 1.58. The topological polar surface area (TPSA) is 59.9 Å². The summed E-state index contributed by atoms with van der Waals surface area (Å²) in [6.45, 7) is 0.289. The zero-order chi connectivity index (χ0) is 25.4. The molecule has 0 saturated carbocycles. The molecule has 2 atom stereocenters. The molecule has 0 aromatic heterocycles. The van der Waals surface area contributed by atoms with Gasteiger partial charge in [-0.25, -0.2) is 0 Å². The highest BCUT2D eigenvalue weighted by atomic mass is 19.4. The SMILES string of the molecule is COCCC(=O)NC1CCc2cc(C3=NOC(c4cccc(C(F)(F)F)c4)(C(F)(F)F)C3)ccc21. The van der Waals surface area contributed by atoms with Crippen LogP contribution in [0.1, 0.15) is 53.1 Å². The van der Waals surface area contributed by atoms with Crippen LogP contribution in [0, 0.1) is 0 Å². The smallest absolute Gasteiger partial charge is 0.384 e. The fourth-order valence-electron chi connectivity index (χ4n) is 4.41. The highest BCUT2D eigenvalue weighted by Crippen LogP contribution is 2.49. The van der Waals surface area contributed by atoms with Gasteiger partial charge in [0.15, 0.2) is 0 Å². The van der Waals surface area contributed by atoms with Gasteiger partial charge < -0.3 is 14.9 Å². The van der Waals surface area contributed by atoms with Crippen molar-refractivity contribution in [2.75, 3.05) is 13.7 Å². The van der Waals surface area contributed by atoms with Gasteiger partial charge in [0, 0.05) is 25.5 Å². The molecule has 5 nitrogen and oxygen atoms in total. The number of halogens is 6. The molecule has 1 amide bonds. The highest BCUT2D eigenvalue weighted by molar-refractivity contribution is 6.02. The Kier molecular flexibility index (Phi) is 6.56. The second kappa shape index (κ2) is 9.18. The third kappa shape index (κ3) is 4.86. The Morgan fingerprint density at radius 1 is 1.17 bits per heavy atom. The standard InChI is InChI=1S/C24H22F6N2O3/c1-34-10-9-21(33)31-19-8-6-14-11-15(5-7-18(14)19)20-13-22(35-32-20,24(28,29)30)16-3-2-4-17(12-16)23(25,26)27/h2-5,7,11-12,19H,6,8-10,13H2,1H3,(H,31,33). The minimum Gasteiger partial charge on any atom is -0.384 e. The van der Waals surface area contributed by atoms with E-state index in [4.69, 9.17) is 9.57 Å². The summed E-state index contributed by atoms with van der Waals surface area (Å²) in [6.07, 6.45) is -9.14. The van der Waals surface area contributed by atoms with Gasteiger partial charge in [0.05, 0.1) is 23.9 Å². The van der Waals surface area contributed by atoms with Crippen molar-refractivity contribution < 1.29 is 40.7 Å². The predicted molar refractivity (Wildman–Crippen MR) is 114 cm³/mol. The first kappa shape index (κ1) is 25.0. The van der Waals surface area contributed by atoms with E-state index >= 15 is 0 Å². The Morgan fingerprint density at radius 3 is 2.63 bits per heavy atom. The molecule has 0 radical (unpaired) electrons. The van der Waals surface area contributed by atoms with Crippen LogP contribution < -0.4 is 5.32 Å². The molecule has 0 saturated heterocycles. The highest BCUT2D eigenvalue weighted by Gasteiger charge is 2.62. The molecule has 2 aliphatic rings. The van der Waals surface area contributed by atoms with Crippen LogP contribution in [0.25, 0.3) is 0 Å². The van der Waals surface area contributed by atoms with Crippen LogP contribution >= 0.6 is 0 Å². The fraction of sp³-hybridized carbons (Fsp3) is 0.417. The molecule has 0 bridgehead atoms. The van der Waals surface area contributed by atoms with Crippen LogP contribution in [0.4, 0.5) is 26.3 Å².